The first-order valence-electron chi connectivity index (χ1n) is 6.22. The van der Waals surface area contributed by atoms with E-state index in [0.29, 0.717) is 5.75 Å². The molecule has 0 amide bonds. The molecule has 18 heavy (non-hydrogen) atoms. The van der Waals surface area contributed by atoms with Gasteiger partial charge in [-0.15, -0.1) is 0 Å². The average molecular weight is 270 g/mol. The maximum absolute atomic E-state index is 11.6. The fraction of sp³-hybridized carbons (Fsp3) is 0.727. The average Bonchev–Trinajstić information content (AvgIpc) is 2.81. The van der Waals surface area contributed by atoms with Gasteiger partial charge in [-0.3, -0.25) is 4.68 Å². The molecule has 1 saturated heterocycles. The molecule has 100 valence electrons. The van der Waals surface area contributed by atoms with E-state index in [0.717, 1.165) is 36.7 Å². The van der Waals surface area contributed by atoms with Crippen molar-refractivity contribution in [1.82, 2.24) is 9.78 Å². The Labute approximate surface area is 107 Å². The van der Waals surface area contributed by atoms with Crippen molar-refractivity contribution in [3.63, 3.8) is 0 Å². The van der Waals surface area contributed by atoms with Crippen molar-refractivity contribution in [2.75, 3.05) is 34.8 Å². The highest BCUT2D eigenvalue weighted by atomic mass is 32.2. The smallest absolute Gasteiger partial charge is 0.152 e. The Bertz CT molecular complexity index is 578. The molecule has 1 atom stereocenters. The van der Waals surface area contributed by atoms with E-state index >= 15 is 0 Å². The number of aromatic nitrogens is 2. The Balaban J connectivity index is 1.97. The Hall–Kier alpha value is -1.24. The maximum atomic E-state index is 11.6. The molecule has 0 aliphatic carbocycles. The Morgan fingerprint density at radius 1 is 1.44 bits per heavy atom. The highest BCUT2D eigenvalue weighted by Crippen LogP contribution is 2.34. The lowest BCUT2D eigenvalue weighted by molar-refractivity contribution is 0.594. The fourth-order valence-electron chi connectivity index (χ4n) is 2.97. The third-order valence-corrected chi connectivity index (χ3v) is 5.52. The van der Waals surface area contributed by atoms with Crippen molar-refractivity contribution >= 4 is 21.3 Å². The predicted molar refractivity (Wildman–Crippen MR) is 70.8 cm³/mol. The minimum atomic E-state index is -2.85. The molecule has 7 heteroatoms. The second-order valence-electron chi connectivity index (χ2n) is 5.08. The topological polar surface area (TPSA) is 67.2 Å². The number of hydrogen-bond acceptors (Lipinski definition) is 5. The lowest BCUT2D eigenvalue weighted by Gasteiger charge is -2.34. The van der Waals surface area contributed by atoms with Crippen LogP contribution in [0.4, 0.5) is 11.5 Å². The van der Waals surface area contributed by atoms with Gasteiger partial charge >= 0.3 is 0 Å². The number of sulfone groups is 1. The van der Waals surface area contributed by atoms with Gasteiger partial charge in [-0.05, 0) is 13.3 Å². The molecule has 2 aliphatic rings. The van der Waals surface area contributed by atoms with Crippen LogP contribution in [0.1, 0.15) is 12.1 Å². The van der Waals surface area contributed by atoms with Crippen LogP contribution in [0, 0.1) is 6.92 Å². The number of rotatable bonds is 1. The van der Waals surface area contributed by atoms with Gasteiger partial charge in [0.1, 0.15) is 5.69 Å². The summed E-state index contributed by atoms with van der Waals surface area (Å²) in [5.41, 5.74) is 2.02. The van der Waals surface area contributed by atoms with E-state index < -0.39 is 9.84 Å². The summed E-state index contributed by atoms with van der Waals surface area (Å²) in [6.45, 7) is 3.66. The van der Waals surface area contributed by atoms with Crippen molar-refractivity contribution < 1.29 is 8.42 Å². The third kappa shape index (κ3) is 1.77. The molecule has 1 fully saturated rings. The quantitative estimate of drug-likeness (QED) is 0.786. The zero-order valence-corrected chi connectivity index (χ0v) is 11.5. The van der Waals surface area contributed by atoms with Gasteiger partial charge < -0.3 is 10.2 Å². The van der Waals surface area contributed by atoms with Crippen molar-refractivity contribution in [2.45, 2.75) is 19.4 Å². The number of fused-ring (bicyclic) bond motifs is 1. The largest absolute Gasteiger partial charge is 0.379 e. The van der Waals surface area contributed by atoms with Gasteiger partial charge in [0.25, 0.3) is 0 Å². The molecule has 3 heterocycles. The lowest BCUT2D eigenvalue weighted by atomic mass is 10.2. The molecule has 1 unspecified atom stereocenters. The molecule has 6 nitrogen and oxygen atoms in total. The summed E-state index contributed by atoms with van der Waals surface area (Å²) in [6, 6.07) is 0.102. The van der Waals surface area contributed by atoms with E-state index in [-0.39, 0.29) is 11.8 Å². The first-order valence-corrected chi connectivity index (χ1v) is 8.04. The monoisotopic (exact) mass is 270 g/mol. The van der Waals surface area contributed by atoms with Crippen LogP contribution < -0.4 is 10.2 Å². The Kier molecular flexibility index (Phi) is 2.55. The minimum absolute atomic E-state index is 0.102. The van der Waals surface area contributed by atoms with Gasteiger partial charge in [0.2, 0.25) is 0 Å². The second kappa shape index (κ2) is 3.88. The molecule has 0 spiro atoms. The molecule has 1 aromatic heterocycles. The molecule has 0 bridgehead atoms. The second-order valence-corrected chi connectivity index (χ2v) is 7.31. The highest BCUT2D eigenvalue weighted by molar-refractivity contribution is 7.91. The molecular weight excluding hydrogens is 252 g/mol. The summed E-state index contributed by atoms with van der Waals surface area (Å²) in [6.07, 6.45) is 0.728. The van der Waals surface area contributed by atoms with Crippen LogP contribution in [0.15, 0.2) is 0 Å². The molecule has 1 aromatic rings. The molecule has 2 aliphatic heterocycles. The van der Waals surface area contributed by atoms with Crippen molar-refractivity contribution in [1.29, 1.82) is 0 Å². The summed E-state index contributed by atoms with van der Waals surface area (Å²) in [5, 5.41) is 7.77. The number of anilines is 2. The molecule has 3 rings (SSSR count). The summed E-state index contributed by atoms with van der Waals surface area (Å²) in [7, 11) is -0.933. The number of nitrogens with zero attached hydrogens (tertiary/aromatic N) is 3. The summed E-state index contributed by atoms with van der Waals surface area (Å²) < 4.78 is 25.1. The standard InChI is InChI=1S/C11H18N4O2S/c1-8-10-11(14(2)13-8)15(5-4-12-10)9-3-6-18(16,17)7-9/h9,12H,3-7H2,1-2H3. The number of nitrogens with one attached hydrogen (secondary N) is 1. The molecule has 0 saturated carbocycles. The number of aryl methyl sites for hydroxylation is 2. The van der Waals surface area contributed by atoms with E-state index in [1.54, 1.807) is 0 Å². The van der Waals surface area contributed by atoms with E-state index in [4.69, 9.17) is 0 Å². The van der Waals surface area contributed by atoms with Crippen molar-refractivity contribution in [2.24, 2.45) is 7.05 Å². The van der Waals surface area contributed by atoms with Crippen molar-refractivity contribution in [3.8, 4) is 0 Å². The zero-order valence-electron chi connectivity index (χ0n) is 10.7. The van der Waals surface area contributed by atoms with Crippen LogP contribution in [0.5, 0.6) is 0 Å². The maximum Gasteiger partial charge on any atom is 0.152 e. The SMILES string of the molecule is Cc1nn(C)c2c1NCCN2C1CCS(=O)(=O)C1. The first kappa shape index (κ1) is 11.8. The van der Waals surface area contributed by atoms with E-state index in [2.05, 4.69) is 15.3 Å². The summed E-state index contributed by atoms with van der Waals surface area (Å²) in [5.74, 6) is 1.62. The molecular formula is C11H18N4O2S. The van der Waals surface area contributed by atoms with Gasteiger partial charge in [0.05, 0.1) is 17.2 Å². The van der Waals surface area contributed by atoms with Crippen LogP contribution in [-0.2, 0) is 16.9 Å². The van der Waals surface area contributed by atoms with Gasteiger partial charge in [-0.1, -0.05) is 0 Å². The molecule has 0 aromatic carbocycles. The number of hydrogen-bond donors (Lipinski definition) is 1. The lowest BCUT2D eigenvalue weighted by Crippen LogP contribution is -2.43. The first-order chi connectivity index (χ1) is 8.48. The van der Waals surface area contributed by atoms with Crippen LogP contribution in [-0.4, -0.2) is 48.8 Å². The van der Waals surface area contributed by atoms with Gasteiger partial charge in [0, 0.05) is 26.2 Å². The van der Waals surface area contributed by atoms with E-state index in [1.807, 2.05) is 18.7 Å². The Morgan fingerprint density at radius 3 is 2.89 bits per heavy atom. The minimum Gasteiger partial charge on any atom is -0.379 e. The van der Waals surface area contributed by atoms with Crippen LogP contribution in [0.3, 0.4) is 0 Å². The Morgan fingerprint density at radius 2 is 2.22 bits per heavy atom. The molecule has 1 N–H and O–H groups in total. The third-order valence-electron chi connectivity index (χ3n) is 3.77. The fourth-order valence-corrected chi connectivity index (χ4v) is 4.70. The van der Waals surface area contributed by atoms with Crippen molar-refractivity contribution in [3.05, 3.63) is 5.69 Å². The predicted octanol–water partition coefficient (Wildman–Crippen LogP) is 0.148. The zero-order chi connectivity index (χ0) is 12.9. The van der Waals surface area contributed by atoms with Gasteiger partial charge in [-0.2, -0.15) is 5.10 Å². The molecule has 0 radical (unpaired) electrons. The summed E-state index contributed by atoms with van der Waals surface area (Å²) in [4.78, 5) is 2.20. The van der Waals surface area contributed by atoms with Gasteiger partial charge in [-0.25, -0.2) is 8.42 Å². The van der Waals surface area contributed by atoms with Crippen LogP contribution in [0.2, 0.25) is 0 Å². The summed E-state index contributed by atoms with van der Waals surface area (Å²) >= 11 is 0. The highest BCUT2D eigenvalue weighted by Gasteiger charge is 2.36. The normalized spacial score (nSPS) is 25.9. The van der Waals surface area contributed by atoms with Crippen LogP contribution in [0.25, 0.3) is 0 Å². The van der Waals surface area contributed by atoms with Gasteiger partial charge in [0.15, 0.2) is 15.7 Å². The van der Waals surface area contributed by atoms with E-state index in [9.17, 15) is 8.42 Å². The van der Waals surface area contributed by atoms with E-state index in [1.165, 1.54) is 0 Å². The van der Waals surface area contributed by atoms with Crippen LogP contribution >= 0.6 is 0 Å².